The number of amides is 1. The van der Waals surface area contributed by atoms with Gasteiger partial charge in [0.05, 0.1) is 37.1 Å². The molecule has 1 aliphatic rings. The normalized spacial score (nSPS) is 17.7. The Bertz CT molecular complexity index is 696. The molecular weight excluding hydrogens is 349 g/mol. The van der Waals surface area contributed by atoms with E-state index < -0.39 is 0 Å². The first-order valence-electron chi connectivity index (χ1n) is 9.26. The summed E-state index contributed by atoms with van der Waals surface area (Å²) in [6, 6.07) is 11.3. The molecule has 0 radical (unpaired) electrons. The van der Waals surface area contributed by atoms with Gasteiger partial charge < -0.3 is 15.1 Å². The lowest BCUT2D eigenvalue weighted by molar-refractivity contribution is -0.933. The van der Waals surface area contributed by atoms with Crippen molar-refractivity contribution in [2.24, 2.45) is 0 Å². The summed E-state index contributed by atoms with van der Waals surface area (Å²) in [4.78, 5) is 17.0. The first-order valence-corrected chi connectivity index (χ1v) is 10.1. The van der Waals surface area contributed by atoms with E-state index in [-0.39, 0.29) is 23.8 Å². The molecule has 0 spiro atoms. The van der Waals surface area contributed by atoms with Crippen molar-refractivity contribution < 1.29 is 14.1 Å². The Morgan fingerprint density at radius 3 is 2.54 bits per heavy atom. The molecule has 2 atom stereocenters. The standard InChI is InChI=1S/C20H26FN3OS/c1-3-19(25)22-15(2)20(18-5-4-14-26-18)24-12-10-23(11-13-24)17-8-6-16(21)7-9-17/h4-9,14-15,20H,3,10-13H2,1-2H3,(H,22,25)/p+1/t15-,20-/m0/s1. The second-order valence-corrected chi connectivity index (χ2v) is 7.80. The zero-order chi connectivity index (χ0) is 18.5. The molecule has 1 aliphatic heterocycles. The average Bonchev–Trinajstić information content (AvgIpc) is 3.17. The lowest BCUT2D eigenvalue weighted by atomic mass is 10.0. The number of quaternary nitrogens is 1. The number of anilines is 1. The van der Waals surface area contributed by atoms with E-state index in [0.29, 0.717) is 6.42 Å². The van der Waals surface area contributed by atoms with Crippen LogP contribution in [0.25, 0.3) is 0 Å². The number of carbonyl (C=O) groups is 1. The third-order valence-electron chi connectivity index (χ3n) is 5.10. The first kappa shape index (κ1) is 18.9. The third-order valence-corrected chi connectivity index (χ3v) is 6.05. The molecule has 0 unspecified atom stereocenters. The summed E-state index contributed by atoms with van der Waals surface area (Å²) >= 11 is 1.76. The van der Waals surface area contributed by atoms with Gasteiger partial charge in [-0.3, -0.25) is 4.79 Å². The van der Waals surface area contributed by atoms with Crippen molar-refractivity contribution in [1.29, 1.82) is 0 Å². The maximum atomic E-state index is 13.1. The van der Waals surface area contributed by atoms with Gasteiger partial charge in [-0.1, -0.05) is 13.0 Å². The maximum absolute atomic E-state index is 13.1. The summed E-state index contributed by atoms with van der Waals surface area (Å²) in [6.07, 6.45) is 0.509. The van der Waals surface area contributed by atoms with Gasteiger partial charge in [0, 0.05) is 12.1 Å². The van der Waals surface area contributed by atoms with Crippen molar-refractivity contribution in [3.05, 3.63) is 52.5 Å². The van der Waals surface area contributed by atoms with Gasteiger partial charge in [0.1, 0.15) is 11.9 Å². The number of piperazine rings is 1. The zero-order valence-corrected chi connectivity index (χ0v) is 16.2. The van der Waals surface area contributed by atoms with Crippen LogP contribution in [0.2, 0.25) is 0 Å². The summed E-state index contributed by atoms with van der Waals surface area (Å²) in [7, 11) is 0. The Morgan fingerprint density at radius 2 is 1.96 bits per heavy atom. The van der Waals surface area contributed by atoms with Crippen LogP contribution >= 0.6 is 11.3 Å². The molecule has 140 valence electrons. The van der Waals surface area contributed by atoms with E-state index >= 15 is 0 Å². The van der Waals surface area contributed by atoms with Crippen molar-refractivity contribution in [2.75, 3.05) is 31.1 Å². The second-order valence-electron chi connectivity index (χ2n) is 6.82. The van der Waals surface area contributed by atoms with Crippen molar-refractivity contribution >= 4 is 22.9 Å². The molecule has 1 aromatic heterocycles. The van der Waals surface area contributed by atoms with Crippen molar-refractivity contribution in [3.63, 3.8) is 0 Å². The molecule has 4 nitrogen and oxygen atoms in total. The predicted octanol–water partition coefficient (Wildman–Crippen LogP) is 2.25. The zero-order valence-electron chi connectivity index (χ0n) is 15.4. The monoisotopic (exact) mass is 376 g/mol. The van der Waals surface area contributed by atoms with Crippen LogP contribution < -0.4 is 15.1 Å². The Hall–Kier alpha value is -1.92. The number of hydrogen-bond donors (Lipinski definition) is 2. The molecule has 26 heavy (non-hydrogen) atoms. The fraction of sp³-hybridized carbons (Fsp3) is 0.450. The minimum Gasteiger partial charge on any atom is -0.360 e. The highest BCUT2D eigenvalue weighted by atomic mass is 32.1. The molecule has 0 bridgehead atoms. The largest absolute Gasteiger partial charge is 0.360 e. The molecule has 1 aromatic carbocycles. The number of rotatable bonds is 6. The van der Waals surface area contributed by atoms with Crippen LogP contribution in [0.4, 0.5) is 10.1 Å². The van der Waals surface area contributed by atoms with Gasteiger partial charge in [-0.15, -0.1) is 11.3 Å². The molecule has 0 saturated carbocycles. The highest BCUT2D eigenvalue weighted by molar-refractivity contribution is 7.10. The summed E-state index contributed by atoms with van der Waals surface area (Å²) in [6.45, 7) is 7.83. The van der Waals surface area contributed by atoms with Gasteiger partial charge in [-0.25, -0.2) is 4.39 Å². The molecule has 0 aliphatic carbocycles. The summed E-state index contributed by atoms with van der Waals surface area (Å²) in [5.74, 6) is -0.0975. The van der Waals surface area contributed by atoms with E-state index in [9.17, 15) is 9.18 Å². The van der Waals surface area contributed by atoms with Crippen LogP contribution in [0.3, 0.4) is 0 Å². The molecule has 1 fully saturated rings. The van der Waals surface area contributed by atoms with E-state index in [0.717, 1.165) is 31.9 Å². The van der Waals surface area contributed by atoms with E-state index in [1.54, 1.807) is 11.3 Å². The number of carbonyl (C=O) groups excluding carboxylic acids is 1. The first-order chi connectivity index (χ1) is 12.6. The summed E-state index contributed by atoms with van der Waals surface area (Å²) in [5, 5.41) is 5.26. The van der Waals surface area contributed by atoms with Gasteiger partial charge in [0.2, 0.25) is 5.91 Å². The highest BCUT2D eigenvalue weighted by Gasteiger charge is 2.34. The van der Waals surface area contributed by atoms with Crippen molar-refractivity contribution in [3.8, 4) is 0 Å². The number of nitrogens with zero attached hydrogens (tertiary/aromatic N) is 1. The number of nitrogens with one attached hydrogen (secondary N) is 2. The van der Waals surface area contributed by atoms with E-state index in [2.05, 4.69) is 34.7 Å². The van der Waals surface area contributed by atoms with E-state index in [1.807, 2.05) is 19.1 Å². The molecule has 2 aromatic rings. The summed E-state index contributed by atoms with van der Waals surface area (Å²) in [5.41, 5.74) is 1.07. The van der Waals surface area contributed by atoms with Crippen molar-refractivity contribution in [1.82, 2.24) is 5.32 Å². The number of thiophene rings is 1. The van der Waals surface area contributed by atoms with Crippen LogP contribution in [0, 0.1) is 5.82 Å². The van der Waals surface area contributed by atoms with Crippen molar-refractivity contribution in [2.45, 2.75) is 32.4 Å². The fourth-order valence-electron chi connectivity index (χ4n) is 3.72. The molecule has 2 heterocycles. The van der Waals surface area contributed by atoms with Crippen LogP contribution in [-0.4, -0.2) is 38.1 Å². The van der Waals surface area contributed by atoms with Crippen LogP contribution in [-0.2, 0) is 4.79 Å². The number of benzene rings is 1. The SMILES string of the molecule is CCC(=O)N[C@@H](C)[C@@H](c1cccs1)[NH+]1CCN(c2ccc(F)cc2)CC1. The minimum absolute atomic E-state index is 0.0912. The van der Waals surface area contributed by atoms with Gasteiger partial charge in [0.15, 0.2) is 0 Å². The molecule has 1 amide bonds. The Balaban J connectivity index is 1.69. The number of hydrogen-bond acceptors (Lipinski definition) is 3. The smallest absolute Gasteiger partial charge is 0.220 e. The van der Waals surface area contributed by atoms with Crippen LogP contribution in [0.1, 0.15) is 31.2 Å². The minimum atomic E-state index is -0.198. The van der Waals surface area contributed by atoms with Crippen LogP contribution in [0.15, 0.2) is 41.8 Å². The number of halogens is 1. The molecule has 3 rings (SSSR count). The molecular formula is C20H27FN3OS+. The van der Waals surface area contributed by atoms with Crippen LogP contribution in [0.5, 0.6) is 0 Å². The lowest BCUT2D eigenvalue weighted by Crippen LogP contribution is -3.16. The molecule has 2 N–H and O–H groups in total. The van der Waals surface area contributed by atoms with E-state index in [4.69, 9.17) is 0 Å². The highest BCUT2D eigenvalue weighted by Crippen LogP contribution is 2.21. The maximum Gasteiger partial charge on any atom is 0.220 e. The quantitative estimate of drug-likeness (QED) is 0.811. The Morgan fingerprint density at radius 1 is 1.27 bits per heavy atom. The molecule has 6 heteroatoms. The third kappa shape index (κ3) is 4.43. The second kappa shape index (κ2) is 8.64. The fourth-order valence-corrected chi connectivity index (χ4v) is 4.71. The van der Waals surface area contributed by atoms with Gasteiger partial charge in [-0.05, 0) is 42.6 Å². The van der Waals surface area contributed by atoms with Gasteiger partial charge >= 0.3 is 0 Å². The van der Waals surface area contributed by atoms with Gasteiger partial charge in [-0.2, -0.15) is 0 Å². The van der Waals surface area contributed by atoms with Gasteiger partial charge in [0.25, 0.3) is 0 Å². The average molecular weight is 377 g/mol. The molecule has 1 saturated heterocycles. The predicted molar refractivity (Wildman–Crippen MR) is 104 cm³/mol. The summed E-state index contributed by atoms with van der Waals surface area (Å²) < 4.78 is 13.1. The van der Waals surface area contributed by atoms with E-state index in [1.165, 1.54) is 21.9 Å². The Kier molecular flexibility index (Phi) is 6.27. The topological polar surface area (TPSA) is 36.8 Å². The Labute approximate surface area is 158 Å². The lowest BCUT2D eigenvalue weighted by Gasteiger charge is -2.39.